The second-order valence-corrected chi connectivity index (χ2v) is 3.67. The van der Waals surface area contributed by atoms with Gasteiger partial charge in [0.05, 0.1) is 25.4 Å². The van der Waals surface area contributed by atoms with Crippen molar-refractivity contribution < 1.29 is 14.9 Å². The summed E-state index contributed by atoms with van der Waals surface area (Å²) in [5, 5.41) is 18.5. The van der Waals surface area contributed by atoms with Gasteiger partial charge in [-0.25, -0.2) is 0 Å². The highest BCUT2D eigenvalue weighted by Gasteiger charge is 2.38. The van der Waals surface area contributed by atoms with Crippen LogP contribution in [-0.2, 0) is 4.74 Å². The molecule has 0 spiro atoms. The first-order valence-corrected chi connectivity index (χ1v) is 4.60. The van der Waals surface area contributed by atoms with Gasteiger partial charge in [-0.2, -0.15) is 0 Å². The average Bonchev–Trinajstić information content (AvgIpc) is 2.34. The Hall–Kier alpha value is -0.120. The normalized spacial score (nSPS) is 35.8. The van der Waals surface area contributed by atoms with Gasteiger partial charge in [0.15, 0.2) is 0 Å². The Morgan fingerprint density at radius 2 is 2.33 bits per heavy atom. The van der Waals surface area contributed by atoms with E-state index in [9.17, 15) is 5.11 Å². The minimum absolute atomic E-state index is 0.0322. The molecule has 0 radical (unpaired) electrons. The molecule has 3 nitrogen and oxygen atoms in total. The third-order valence-corrected chi connectivity index (χ3v) is 2.75. The van der Waals surface area contributed by atoms with Gasteiger partial charge in [-0.05, 0) is 18.8 Å². The Kier molecular flexibility index (Phi) is 3.50. The quantitative estimate of drug-likeness (QED) is 0.612. The van der Waals surface area contributed by atoms with Crippen LogP contribution < -0.4 is 0 Å². The van der Waals surface area contributed by atoms with Crippen LogP contribution in [0, 0.1) is 5.92 Å². The Balaban J connectivity index is 2.27. The average molecular weight is 174 g/mol. The molecular weight excluding hydrogens is 156 g/mol. The number of ether oxygens (including phenoxy) is 1. The Morgan fingerprint density at radius 1 is 1.58 bits per heavy atom. The monoisotopic (exact) mass is 174 g/mol. The molecule has 72 valence electrons. The van der Waals surface area contributed by atoms with Crippen molar-refractivity contribution >= 4 is 0 Å². The van der Waals surface area contributed by atoms with Crippen molar-refractivity contribution in [2.24, 2.45) is 5.92 Å². The van der Waals surface area contributed by atoms with Gasteiger partial charge in [-0.3, -0.25) is 0 Å². The lowest BCUT2D eigenvalue weighted by Crippen LogP contribution is -2.37. The van der Waals surface area contributed by atoms with Gasteiger partial charge in [-0.1, -0.05) is 13.3 Å². The molecule has 0 aliphatic heterocycles. The molecule has 2 N–H and O–H groups in total. The second-order valence-electron chi connectivity index (χ2n) is 3.67. The van der Waals surface area contributed by atoms with Crippen LogP contribution in [0.1, 0.15) is 26.2 Å². The van der Waals surface area contributed by atoms with Crippen molar-refractivity contribution in [2.75, 3.05) is 19.8 Å². The van der Waals surface area contributed by atoms with E-state index in [-0.39, 0.29) is 6.61 Å². The number of hydrogen-bond donors (Lipinski definition) is 2. The zero-order valence-corrected chi connectivity index (χ0v) is 7.62. The lowest BCUT2D eigenvalue weighted by molar-refractivity contribution is -0.0713. The highest BCUT2D eigenvalue weighted by Crippen LogP contribution is 2.35. The maximum Gasteiger partial charge on any atom is 0.0905 e. The topological polar surface area (TPSA) is 49.7 Å². The van der Waals surface area contributed by atoms with Crippen LogP contribution in [0.5, 0.6) is 0 Å². The van der Waals surface area contributed by atoms with E-state index in [1.807, 2.05) is 0 Å². The van der Waals surface area contributed by atoms with Gasteiger partial charge in [0.1, 0.15) is 0 Å². The van der Waals surface area contributed by atoms with Gasteiger partial charge in [0, 0.05) is 0 Å². The molecular formula is C9H18O3. The molecule has 0 heterocycles. The highest BCUT2D eigenvalue weighted by atomic mass is 16.5. The molecule has 1 saturated carbocycles. The maximum atomic E-state index is 9.98. The number of hydrogen-bond acceptors (Lipinski definition) is 3. The van der Waals surface area contributed by atoms with Gasteiger partial charge >= 0.3 is 0 Å². The molecule has 0 aromatic heterocycles. The smallest absolute Gasteiger partial charge is 0.0905 e. The van der Waals surface area contributed by atoms with Crippen LogP contribution in [0.2, 0.25) is 0 Å². The summed E-state index contributed by atoms with van der Waals surface area (Å²) < 4.78 is 5.14. The van der Waals surface area contributed by atoms with Crippen LogP contribution in [0.3, 0.4) is 0 Å². The van der Waals surface area contributed by atoms with Gasteiger partial charge < -0.3 is 14.9 Å². The predicted octanol–water partition coefficient (Wildman–Crippen LogP) is 0.546. The van der Waals surface area contributed by atoms with Gasteiger partial charge in [0.25, 0.3) is 0 Å². The van der Waals surface area contributed by atoms with Crippen LogP contribution >= 0.6 is 0 Å². The molecule has 3 heteroatoms. The van der Waals surface area contributed by atoms with E-state index in [0.717, 1.165) is 19.3 Å². The van der Waals surface area contributed by atoms with E-state index in [1.54, 1.807) is 0 Å². The van der Waals surface area contributed by atoms with Crippen LogP contribution in [0.25, 0.3) is 0 Å². The first-order valence-electron chi connectivity index (χ1n) is 4.60. The molecule has 1 aliphatic rings. The molecule has 2 atom stereocenters. The minimum atomic E-state index is -0.630. The first kappa shape index (κ1) is 9.96. The highest BCUT2D eigenvalue weighted by molar-refractivity contribution is 4.89. The Labute approximate surface area is 73.4 Å². The molecule has 1 aliphatic carbocycles. The second kappa shape index (κ2) is 4.21. The van der Waals surface area contributed by atoms with Gasteiger partial charge in [-0.15, -0.1) is 0 Å². The third-order valence-electron chi connectivity index (χ3n) is 2.75. The Morgan fingerprint density at radius 3 is 2.83 bits per heavy atom. The SMILES string of the molecule is CC1CCCC1(O)COCCO. The lowest BCUT2D eigenvalue weighted by Gasteiger charge is -2.27. The van der Waals surface area contributed by atoms with E-state index in [4.69, 9.17) is 9.84 Å². The molecule has 0 amide bonds. The van der Waals surface area contributed by atoms with Crippen molar-refractivity contribution in [1.29, 1.82) is 0 Å². The van der Waals surface area contributed by atoms with E-state index < -0.39 is 5.60 Å². The number of rotatable bonds is 4. The van der Waals surface area contributed by atoms with Crippen LogP contribution in [-0.4, -0.2) is 35.6 Å². The summed E-state index contributed by atoms with van der Waals surface area (Å²) in [5.74, 6) is 0.330. The largest absolute Gasteiger partial charge is 0.394 e. The molecule has 1 rings (SSSR count). The molecule has 2 unspecified atom stereocenters. The zero-order chi connectivity index (χ0) is 9.03. The lowest BCUT2D eigenvalue weighted by atomic mass is 9.94. The summed E-state index contributed by atoms with van der Waals surface area (Å²) >= 11 is 0. The summed E-state index contributed by atoms with van der Waals surface area (Å²) in [6.07, 6.45) is 3.00. The molecule has 1 fully saturated rings. The van der Waals surface area contributed by atoms with Gasteiger partial charge in [0.2, 0.25) is 0 Å². The first-order chi connectivity index (χ1) is 5.69. The summed E-state index contributed by atoms with van der Waals surface area (Å²) in [5.41, 5.74) is -0.630. The summed E-state index contributed by atoms with van der Waals surface area (Å²) in [7, 11) is 0. The number of aliphatic hydroxyl groups excluding tert-OH is 1. The van der Waals surface area contributed by atoms with E-state index in [1.165, 1.54) is 0 Å². The third kappa shape index (κ3) is 2.19. The van der Waals surface area contributed by atoms with Crippen molar-refractivity contribution in [2.45, 2.75) is 31.8 Å². The van der Waals surface area contributed by atoms with Crippen LogP contribution in [0.4, 0.5) is 0 Å². The molecule has 12 heavy (non-hydrogen) atoms. The maximum absolute atomic E-state index is 9.98. The fourth-order valence-corrected chi connectivity index (χ4v) is 1.76. The fraction of sp³-hybridized carbons (Fsp3) is 1.00. The van der Waals surface area contributed by atoms with E-state index in [0.29, 0.717) is 19.1 Å². The molecule has 0 aromatic carbocycles. The molecule has 0 saturated heterocycles. The van der Waals surface area contributed by atoms with Crippen LogP contribution in [0.15, 0.2) is 0 Å². The minimum Gasteiger partial charge on any atom is -0.394 e. The van der Waals surface area contributed by atoms with Crippen molar-refractivity contribution in [3.8, 4) is 0 Å². The fourth-order valence-electron chi connectivity index (χ4n) is 1.76. The van der Waals surface area contributed by atoms with E-state index in [2.05, 4.69) is 6.92 Å². The zero-order valence-electron chi connectivity index (χ0n) is 7.62. The summed E-state index contributed by atoms with van der Waals surface area (Å²) in [6, 6.07) is 0. The number of aliphatic hydroxyl groups is 2. The summed E-state index contributed by atoms with van der Waals surface area (Å²) in [4.78, 5) is 0. The van der Waals surface area contributed by atoms with E-state index >= 15 is 0 Å². The van der Waals surface area contributed by atoms with Crippen molar-refractivity contribution in [1.82, 2.24) is 0 Å². The predicted molar refractivity (Wildman–Crippen MR) is 45.9 cm³/mol. The van der Waals surface area contributed by atoms with Crippen molar-refractivity contribution in [3.63, 3.8) is 0 Å². The summed E-state index contributed by atoms with van der Waals surface area (Å²) in [6.45, 7) is 2.78. The standard InChI is InChI=1S/C9H18O3/c1-8-3-2-4-9(8,11)7-12-6-5-10/h8,10-11H,2-7H2,1H3. The molecule has 0 aromatic rings. The Bertz CT molecular complexity index is 138. The molecule has 0 bridgehead atoms. The van der Waals surface area contributed by atoms with Crippen molar-refractivity contribution in [3.05, 3.63) is 0 Å².